The highest BCUT2D eigenvalue weighted by Crippen LogP contribution is 2.37. The molecule has 0 unspecified atom stereocenters. The zero-order valence-corrected chi connectivity index (χ0v) is 17.0. The summed E-state index contributed by atoms with van der Waals surface area (Å²) in [5, 5.41) is 6.81. The zero-order chi connectivity index (χ0) is 18.4. The lowest BCUT2D eigenvalue weighted by molar-refractivity contribution is 0.560. The predicted molar refractivity (Wildman–Crippen MR) is 108 cm³/mol. The molecular weight excluding hydrogens is 398 g/mol. The van der Waals surface area contributed by atoms with Gasteiger partial charge in [0.2, 0.25) is 0 Å². The van der Waals surface area contributed by atoms with Gasteiger partial charge in [0.1, 0.15) is 5.69 Å². The minimum absolute atomic E-state index is 0.127. The van der Waals surface area contributed by atoms with Gasteiger partial charge in [-0.1, -0.05) is 79.3 Å². The highest BCUT2D eigenvalue weighted by atomic mass is 35.5. The lowest BCUT2D eigenvalue weighted by Gasteiger charge is -2.15. The van der Waals surface area contributed by atoms with Gasteiger partial charge in [-0.15, -0.1) is 0 Å². The molecule has 0 amide bonds. The SMILES string of the molecule is CC(C)(C)c1cc(-c2ccc(Cl)cc2)n(-c2c(Cl)cc(Cl)cc2Cl)n1. The van der Waals surface area contributed by atoms with E-state index < -0.39 is 0 Å². The summed E-state index contributed by atoms with van der Waals surface area (Å²) in [4.78, 5) is 0. The van der Waals surface area contributed by atoms with Crippen molar-refractivity contribution in [2.24, 2.45) is 0 Å². The van der Waals surface area contributed by atoms with Crippen LogP contribution in [-0.2, 0) is 5.41 Å². The second kappa shape index (κ2) is 6.85. The standard InChI is InChI=1S/C19H16Cl4N2/c1-19(2,3)17-10-16(11-4-6-12(20)7-5-11)25(24-17)18-14(22)8-13(21)9-15(18)23/h4-10H,1-3H3. The van der Waals surface area contributed by atoms with Crippen LogP contribution in [0, 0.1) is 0 Å². The summed E-state index contributed by atoms with van der Waals surface area (Å²) >= 11 is 24.9. The van der Waals surface area contributed by atoms with Gasteiger partial charge in [0.05, 0.1) is 21.4 Å². The maximum atomic E-state index is 6.43. The highest BCUT2D eigenvalue weighted by Gasteiger charge is 2.23. The predicted octanol–water partition coefficient (Wildman–Crippen LogP) is 7.45. The molecule has 6 heteroatoms. The third kappa shape index (κ3) is 3.83. The van der Waals surface area contributed by atoms with E-state index in [1.165, 1.54) is 0 Å². The fourth-order valence-corrected chi connectivity index (χ4v) is 3.58. The van der Waals surface area contributed by atoms with Gasteiger partial charge in [0, 0.05) is 21.0 Å². The van der Waals surface area contributed by atoms with Crippen LogP contribution in [0.4, 0.5) is 0 Å². The first-order valence-electron chi connectivity index (χ1n) is 7.68. The van der Waals surface area contributed by atoms with Gasteiger partial charge in [-0.25, -0.2) is 4.68 Å². The third-order valence-electron chi connectivity index (χ3n) is 3.81. The van der Waals surface area contributed by atoms with Crippen molar-refractivity contribution in [2.75, 3.05) is 0 Å². The van der Waals surface area contributed by atoms with E-state index in [-0.39, 0.29) is 5.41 Å². The second-order valence-electron chi connectivity index (χ2n) is 6.80. The average Bonchev–Trinajstić information content (AvgIpc) is 2.92. The highest BCUT2D eigenvalue weighted by molar-refractivity contribution is 6.40. The Bertz CT molecular complexity index is 899. The van der Waals surface area contributed by atoms with Crippen LogP contribution in [-0.4, -0.2) is 9.78 Å². The molecule has 1 aromatic heterocycles. The number of hydrogen-bond acceptors (Lipinski definition) is 1. The number of rotatable bonds is 2. The molecule has 130 valence electrons. The molecule has 0 spiro atoms. The minimum Gasteiger partial charge on any atom is -0.230 e. The quantitative estimate of drug-likeness (QED) is 0.426. The van der Waals surface area contributed by atoms with Crippen LogP contribution < -0.4 is 0 Å². The summed E-state index contributed by atoms with van der Waals surface area (Å²) in [5.41, 5.74) is 3.26. The van der Waals surface area contributed by atoms with Gasteiger partial charge in [-0.3, -0.25) is 0 Å². The van der Waals surface area contributed by atoms with Crippen molar-refractivity contribution >= 4 is 46.4 Å². The van der Waals surface area contributed by atoms with Crippen LogP contribution in [0.2, 0.25) is 20.1 Å². The summed E-state index contributed by atoms with van der Waals surface area (Å²) in [6.07, 6.45) is 0. The molecule has 3 rings (SSSR count). The Morgan fingerprint density at radius 1 is 0.800 bits per heavy atom. The van der Waals surface area contributed by atoms with Gasteiger partial charge in [0.15, 0.2) is 0 Å². The monoisotopic (exact) mass is 412 g/mol. The second-order valence-corrected chi connectivity index (χ2v) is 8.49. The van der Waals surface area contributed by atoms with E-state index in [0.717, 1.165) is 17.0 Å². The smallest absolute Gasteiger partial charge is 0.103 e. The summed E-state index contributed by atoms with van der Waals surface area (Å²) in [7, 11) is 0. The van der Waals surface area contributed by atoms with Crippen LogP contribution >= 0.6 is 46.4 Å². The summed E-state index contributed by atoms with van der Waals surface area (Å²) in [6.45, 7) is 6.32. The molecular formula is C19H16Cl4N2. The van der Waals surface area contributed by atoms with Crippen molar-refractivity contribution in [3.63, 3.8) is 0 Å². The number of aromatic nitrogens is 2. The Balaban J connectivity index is 2.29. The van der Waals surface area contributed by atoms with Crippen molar-refractivity contribution in [1.82, 2.24) is 9.78 Å². The van der Waals surface area contributed by atoms with E-state index in [2.05, 4.69) is 20.8 Å². The number of nitrogens with zero attached hydrogens (tertiary/aromatic N) is 2. The van der Waals surface area contributed by atoms with Crippen molar-refractivity contribution in [1.29, 1.82) is 0 Å². The normalized spacial score (nSPS) is 11.8. The van der Waals surface area contributed by atoms with Crippen molar-refractivity contribution in [3.8, 4) is 16.9 Å². The first-order chi connectivity index (χ1) is 11.7. The molecule has 0 fully saturated rings. The molecule has 1 heterocycles. The van der Waals surface area contributed by atoms with Gasteiger partial charge in [0.25, 0.3) is 0 Å². The van der Waals surface area contributed by atoms with Crippen LogP contribution in [0.15, 0.2) is 42.5 Å². The molecule has 0 bridgehead atoms. The molecule has 25 heavy (non-hydrogen) atoms. The van der Waals surface area contributed by atoms with Crippen molar-refractivity contribution in [3.05, 3.63) is 68.2 Å². The lowest BCUT2D eigenvalue weighted by Crippen LogP contribution is -2.12. The minimum atomic E-state index is -0.127. The molecule has 0 saturated heterocycles. The Hall–Kier alpha value is -1.19. The molecule has 0 aliphatic carbocycles. The van der Waals surface area contributed by atoms with Crippen LogP contribution in [0.1, 0.15) is 26.5 Å². The Kier molecular flexibility index (Phi) is 5.09. The molecule has 3 aromatic rings. The maximum absolute atomic E-state index is 6.43. The molecule has 0 aliphatic rings. The van der Waals surface area contributed by atoms with Crippen LogP contribution in [0.3, 0.4) is 0 Å². The van der Waals surface area contributed by atoms with E-state index in [4.69, 9.17) is 51.5 Å². The summed E-state index contributed by atoms with van der Waals surface area (Å²) < 4.78 is 1.77. The number of hydrogen-bond donors (Lipinski definition) is 0. The average molecular weight is 414 g/mol. The lowest BCUT2D eigenvalue weighted by atomic mass is 9.92. The first-order valence-corrected chi connectivity index (χ1v) is 9.19. The number of halogens is 4. The summed E-state index contributed by atoms with van der Waals surface area (Å²) in [6, 6.07) is 12.9. The van der Waals surface area contributed by atoms with E-state index >= 15 is 0 Å². The molecule has 0 saturated carbocycles. The zero-order valence-electron chi connectivity index (χ0n) is 13.9. The topological polar surface area (TPSA) is 17.8 Å². The van der Waals surface area contributed by atoms with Gasteiger partial charge in [-0.2, -0.15) is 5.10 Å². The van der Waals surface area contributed by atoms with Gasteiger partial charge in [-0.05, 0) is 30.3 Å². The number of benzene rings is 2. The van der Waals surface area contributed by atoms with Crippen molar-refractivity contribution in [2.45, 2.75) is 26.2 Å². The molecule has 0 radical (unpaired) electrons. The van der Waals surface area contributed by atoms with E-state index in [1.807, 2.05) is 30.3 Å². The fourth-order valence-electron chi connectivity index (χ4n) is 2.48. The maximum Gasteiger partial charge on any atom is 0.103 e. The van der Waals surface area contributed by atoms with Crippen molar-refractivity contribution < 1.29 is 0 Å². The summed E-state index contributed by atoms with van der Waals surface area (Å²) in [5.74, 6) is 0. The molecule has 0 aliphatic heterocycles. The van der Waals surface area contributed by atoms with Crippen LogP contribution in [0.5, 0.6) is 0 Å². The van der Waals surface area contributed by atoms with E-state index in [1.54, 1.807) is 16.8 Å². The Morgan fingerprint density at radius 3 is 1.88 bits per heavy atom. The van der Waals surface area contributed by atoms with Crippen LogP contribution in [0.25, 0.3) is 16.9 Å². The Morgan fingerprint density at radius 2 is 1.36 bits per heavy atom. The van der Waals surface area contributed by atoms with Gasteiger partial charge >= 0.3 is 0 Å². The van der Waals surface area contributed by atoms with E-state index in [0.29, 0.717) is 25.8 Å². The molecule has 0 N–H and O–H groups in total. The third-order valence-corrected chi connectivity index (χ3v) is 4.86. The molecule has 2 aromatic carbocycles. The van der Waals surface area contributed by atoms with Gasteiger partial charge < -0.3 is 0 Å². The van der Waals surface area contributed by atoms with E-state index in [9.17, 15) is 0 Å². The largest absolute Gasteiger partial charge is 0.230 e. The molecule has 2 nitrogen and oxygen atoms in total. The Labute approximate surface area is 167 Å². The first kappa shape index (κ1) is 18.6. The molecule has 0 atom stereocenters. The fraction of sp³-hybridized carbons (Fsp3) is 0.211.